The van der Waals surface area contributed by atoms with E-state index >= 15 is 0 Å². The molecule has 0 radical (unpaired) electrons. The zero-order valence-corrected chi connectivity index (χ0v) is 12.5. The maximum Gasteiger partial charge on any atom is 0.251 e. The Kier molecular flexibility index (Phi) is 5.05. The summed E-state index contributed by atoms with van der Waals surface area (Å²) in [5, 5.41) is 5.07. The van der Waals surface area contributed by atoms with Crippen LogP contribution in [0, 0.1) is 5.82 Å². The van der Waals surface area contributed by atoms with Crippen LogP contribution in [0.1, 0.15) is 10.4 Å². The molecule has 0 aliphatic rings. The lowest BCUT2D eigenvalue weighted by atomic mass is 10.2. The van der Waals surface area contributed by atoms with Gasteiger partial charge in [-0.15, -0.1) is 0 Å². The second-order valence-corrected chi connectivity index (χ2v) is 5.08. The number of hydrogen-bond donors (Lipinski definition) is 2. The van der Waals surface area contributed by atoms with Crippen molar-refractivity contribution < 1.29 is 14.0 Å². The van der Waals surface area contributed by atoms with Crippen molar-refractivity contribution in [3.63, 3.8) is 0 Å². The first-order valence-electron chi connectivity index (χ1n) is 6.14. The second-order valence-electron chi connectivity index (χ2n) is 4.23. The van der Waals surface area contributed by atoms with E-state index in [4.69, 9.17) is 0 Å². The summed E-state index contributed by atoms with van der Waals surface area (Å²) in [5.41, 5.74) is 0.928. The maximum absolute atomic E-state index is 13.1. The molecule has 0 fully saturated rings. The summed E-state index contributed by atoms with van der Waals surface area (Å²) in [7, 11) is 0. The SMILES string of the molecule is O=C(CNC(=O)c1ccccc1)Nc1ccc(F)c(Br)c1. The van der Waals surface area contributed by atoms with Gasteiger partial charge in [-0.1, -0.05) is 18.2 Å². The largest absolute Gasteiger partial charge is 0.343 e. The molecule has 0 aliphatic heterocycles. The fourth-order valence-electron chi connectivity index (χ4n) is 1.63. The van der Waals surface area contributed by atoms with Crippen molar-refractivity contribution in [1.29, 1.82) is 0 Å². The highest BCUT2D eigenvalue weighted by atomic mass is 79.9. The molecule has 0 heterocycles. The van der Waals surface area contributed by atoms with Crippen molar-refractivity contribution in [3.05, 3.63) is 64.4 Å². The molecule has 2 rings (SSSR count). The molecule has 0 bridgehead atoms. The van der Waals surface area contributed by atoms with E-state index in [9.17, 15) is 14.0 Å². The van der Waals surface area contributed by atoms with Crippen LogP contribution in [0.5, 0.6) is 0 Å². The van der Waals surface area contributed by atoms with Crippen molar-refractivity contribution in [3.8, 4) is 0 Å². The van der Waals surface area contributed by atoms with Gasteiger partial charge in [0, 0.05) is 11.3 Å². The van der Waals surface area contributed by atoms with E-state index in [1.54, 1.807) is 30.3 Å². The van der Waals surface area contributed by atoms with Gasteiger partial charge < -0.3 is 10.6 Å². The van der Waals surface area contributed by atoms with Gasteiger partial charge in [0.05, 0.1) is 11.0 Å². The van der Waals surface area contributed by atoms with Gasteiger partial charge in [0.25, 0.3) is 5.91 Å². The van der Waals surface area contributed by atoms with Gasteiger partial charge in [-0.3, -0.25) is 9.59 Å². The fourth-order valence-corrected chi connectivity index (χ4v) is 2.01. The van der Waals surface area contributed by atoms with Gasteiger partial charge in [-0.05, 0) is 46.3 Å². The average molecular weight is 351 g/mol. The van der Waals surface area contributed by atoms with Gasteiger partial charge in [0.1, 0.15) is 5.82 Å². The zero-order chi connectivity index (χ0) is 15.2. The molecule has 0 aromatic heterocycles. The monoisotopic (exact) mass is 350 g/mol. The third-order valence-electron chi connectivity index (χ3n) is 2.65. The number of nitrogens with one attached hydrogen (secondary N) is 2. The van der Waals surface area contributed by atoms with Crippen LogP contribution in [0.2, 0.25) is 0 Å². The van der Waals surface area contributed by atoms with Crippen molar-refractivity contribution in [2.45, 2.75) is 0 Å². The molecule has 2 N–H and O–H groups in total. The maximum atomic E-state index is 13.1. The number of hydrogen-bond acceptors (Lipinski definition) is 2. The van der Waals surface area contributed by atoms with Crippen molar-refractivity contribution in [2.24, 2.45) is 0 Å². The number of rotatable bonds is 4. The van der Waals surface area contributed by atoms with Crippen LogP contribution in [0.3, 0.4) is 0 Å². The molecule has 0 spiro atoms. The number of halogens is 2. The topological polar surface area (TPSA) is 58.2 Å². The molecule has 108 valence electrons. The van der Waals surface area contributed by atoms with Crippen molar-refractivity contribution in [1.82, 2.24) is 5.32 Å². The molecule has 21 heavy (non-hydrogen) atoms. The minimum absolute atomic E-state index is 0.164. The van der Waals surface area contributed by atoms with Gasteiger partial charge in [-0.25, -0.2) is 4.39 Å². The zero-order valence-electron chi connectivity index (χ0n) is 10.9. The molecule has 0 saturated heterocycles. The Labute approximate surface area is 129 Å². The van der Waals surface area contributed by atoms with Crippen LogP contribution in [0.15, 0.2) is 53.0 Å². The minimum atomic E-state index is -0.412. The van der Waals surface area contributed by atoms with Gasteiger partial charge in [0.15, 0.2) is 0 Å². The molecule has 0 atom stereocenters. The standard InChI is InChI=1S/C15H12BrFN2O2/c16-12-8-11(6-7-13(12)17)19-14(20)9-18-15(21)10-4-2-1-3-5-10/h1-8H,9H2,(H,18,21)(H,19,20). The fraction of sp³-hybridized carbons (Fsp3) is 0.0667. The Morgan fingerprint density at radius 2 is 1.81 bits per heavy atom. The molecule has 4 nitrogen and oxygen atoms in total. The quantitative estimate of drug-likeness (QED) is 0.890. The number of benzene rings is 2. The first-order valence-corrected chi connectivity index (χ1v) is 6.94. The predicted molar refractivity (Wildman–Crippen MR) is 81.5 cm³/mol. The third kappa shape index (κ3) is 4.39. The van der Waals surface area contributed by atoms with Crippen LogP contribution in [0.4, 0.5) is 10.1 Å². The molecule has 2 aromatic carbocycles. The minimum Gasteiger partial charge on any atom is -0.343 e. The number of amides is 2. The number of anilines is 1. The summed E-state index contributed by atoms with van der Waals surface area (Å²) >= 11 is 3.03. The van der Waals surface area contributed by atoms with Gasteiger partial charge in [-0.2, -0.15) is 0 Å². The molecule has 0 unspecified atom stereocenters. The molecular weight excluding hydrogens is 339 g/mol. The molecule has 0 saturated carbocycles. The van der Waals surface area contributed by atoms with E-state index in [0.717, 1.165) is 0 Å². The highest BCUT2D eigenvalue weighted by Crippen LogP contribution is 2.19. The van der Waals surface area contributed by atoms with Gasteiger partial charge in [0.2, 0.25) is 5.91 Å². The predicted octanol–water partition coefficient (Wildman–Crippen LogP) is 2.96. The van der Waals surface area contributed by atoms with E-state index in [1.807, 2.05) is 0 Å². The summed E-state index contributed by atoms with van der Waals surface area (Å²) in [5.74, 6) is -1.13. The number of carbonyl (C=O) groups is 2. The normalized spacial score (nSPS) is 10.0. The number of carbonyl (C=O) groups excluding carboxylic acids is 2. The van der Waals surface area contributed by atoms with Crippen LogP contribution >= 0.6 is 15.9 Å². The smallest absolute Gasteiger partial charge is 0.251 e. The molecule has 2 amide bonds. The summed E-state index contributed by atoms with van der Waals surface area (Å²) in [6.45, 7) is -0.164. The van der Waals surface area contributed by atoms with E-state index in [2.05, 4.69) is 26.6 Å². The highest BCUT2D eigenvalue weighted by molar-refractivity contribution is 9.10. The van der Waals surface area contributed by atoms with E-state index < -0.39 is 11.7 Å². The Balaban J connectivity index is 1.87. The van der Waals surface area contributed by atoms with E-state index in [-0.39, 0.29) is 16.9 Å². The Bertz CT molecular complexity index is 662. The highest BCUT2D eigenvalue weighted by Gasteiger charge is 2.08. The van der Waals surface area contributed by atoms with E-state index in [0.29, 0.717) is 11.3 Å². The Morgan fingerprint density at radius 3 is 2.48 bits per heavy atom. The van der Waals surface area contributed by atoms with Crippen LogP contribution in [-0.4, -0.2) is 18.4 Å². The lowest BCUT2D eigenvalue weighted by molar-refractivity contribution is -0.115. The van der Waals surface area contributed by atoms with Crippen LogP contribution in [0.25, 0.3) is 0 Å². The first-order chi connectivity index (χ1) is 10.1. The summed E-state index contributed by atoms with van der Waals surface area (Å²) < 4.78 is 13.3. The Hall–Kier alpha value is -2.21. The van der Waals surface area contributed by atoms with Crippen molar-refractivity contribution >= 4 is 33.4 Å². The molecular formula is C15H12BrFN2O2. The summed E-state index contributed by atoms with van der Waals surface area (Å²) in [4.78, 5) is 23.5. The third-order valence-corrected chi connectivity index (χ3v) is 3.26. The van der Waals surface area contributed by atoms with Crippen LogP contribution < -0.4 is 10.6 Å². The van der Waals surface area contributed by atoms with Crippen molar-refractivity contribution in [2.75, 3.05) is 11.9 Å². The average Bonchev–Trinajstić information content (AvgIpc) is 2.49. The molecule has 0 aliphatic carbocycles. The first kappa shape index (κ1) is 15.2. The van der Waals surface area contributed by atoms with E-state index in [1.165, 1.54) is 18.2 Å². The second kappa shape index (κ2) is 6.99. The molecule has 2 aromatic rings. The lowest BCUT2D eigenvalue weighted by Crippen LogP contribution is -2.32. The Morgan fingerprint density at radius 1 is 1.10 bits per heavy atom. The summed E-state index contributed by atoms with van der Waals surface area (Å²) in [6, 6.07) is 12.7. The lowest BCUT2D eigenvalue weighted by Gasteiger charge is -2.07. The van der Waals surface area contributed by atoms with Crippen LogP contribution in [-0.2, 0) is 4.79 Å². The van der Waals surface area contributed by atoms with Gasteiger partial charge >= 0.3 is 0 Å². The summed E-state index contributed by atoms with van der Waals surface area (Å²) in [6.07, 6.45) is 0. The molecule has 6 heteroatoms.